The minimum atomic E-state index is -0.437. The summed E-state index contributed by atoms with van der Waals surface area (Å²) in [6, 6.07) is 9.97. The number of anilines is 1. The number of methoxy groups -OCH3 is 1. The second-order valence-corrected chi connectivity index (χ2v) is 7.60. The number of nitrogens with one attached hydrogen (secondary N) is 1. The summed E-state index contributed by atoms with van der Waals surface area (Å²) >= 11 is 11.3. The molecule has 2 aromatic rings. The van der Waals surface area contributed by atoms with Gasteiger partial charge in [0.05, 0.1) is 17.6 Å². The first-order valence-corrected chi connectivity index (χ1v) is 10.0. The van der Waals surface area contributed by atoms with Crippen molar-refractivity contribution in [1.82, 2.24) is 10.2 Å². The molecule has 1 saturated heterocycles. The van der Waals surface area contributed by atoms with Crippen molar-refractivity contribution in [2.24, 2.45) is 0 Å². The zero-order valence-corrected chi connectivity index (χ0v) is 18.1. The van der Waals surface area contributed by atoms with E-state index in [2.05, 4.69) is 5.32 Å². The van der Waals surface area contributed by atoms with Gasteiger partial charge in [0.2, 0.25) is 0 Å². The third-order valence-electron chi connectivity index (χ3n) is 4.92. The van der Waals surface area contributed by atoms with Crippen LogP contribution in [-0.4, -0.2) is 54.1 Å². The Bertz CT molecular complexity index is 993. The average Bonchev–Trinajstić information content (AvgIpc) is 2.73. The van der Waals surface area contributed by atoms with Gasteiger partial charge >= 0.3 is 0 Å². The normalized spacial score (nSPS) is 13.7. The molecule has 1 aliphatic heterocycles. The Morgan fingerprint density at radius 3 is 2.57 bits per heavy atom. The van der Waals surface area contributed by atoms with E-state index in [0.29, 0.717) is 53.3 Å². The molecule has 1 aliphatic rings. The minimum Gasteiger partial charge on any atom is -0.496 e. The van der Waals surface area contributed by atoms with Crippen molar-refractivity contribution in [2.75, 3.05) is 38.2 Å². The molecular weight excluding hydrogens is 428 g/mol. The second kappa shape index (κ2) is 9.27. The smallest absolute Gasteiger partial charge is 0.294 e. The zero-order valence-electron chi connectivity index (χ0n) is 16.6. The molecule has 1 heterocycles. The van der Waals surface area contributed by atoms with E-state index in [4.69, 9.17) is 28.6 Å². The lowest BCUT2D eigenvalue weighted by atomic mass is 10.1. The van der Waals surface area contributed by atoms with E-state index in [-0.39, 0.29) is 11.6 Å². The monoisotopic (exact) mass is 448 g/mol. The number of para-hydroxylation sites is 1. The Morgan fingerprint density at radius 1 is 1.23 bits per heavy atom. The molecule has 0 bridgehead atoms. The lowest BCUT2D eigenvalue weighted by Crippen LogP contribution is -2.52. The molecule has 1 amide bonds. The number of amides is 1. The van der Waals surface area contributed by atoms with Crippen molar-refractivity contribution in [1.29, 1.82) is 0 Å². The Kier molecular flexibility index (Phi) is 6.73. The highest BCUT2D eigenvalue weighted by molar-refractivity contribution is 7.80. The van der Waals surface area contributed by atoms with Crippen LogP contribution in [0.15, 0.2) is 36.4 Å². The Balaban J connectivity index is 1.65. The fraction of sp³-hybridized carbons (Fsp3) is 0.300. The van der Waals surface area contributed by atoms with Gasteiger partial charge in [-0.05, 0) is 42.9 Å². The SMILES string of the molecule is COc1c(C)cccc1C(=O)NC(=S)N1CCN(c2ccc(Cl)cc2[N+](=O)[O-])CC1. The maximum atomic E-state index is 12.7. The van der Waals surface area contributed by atoms with Crippen LogP contribution in [0.4, 0.5) is 11.4 Å². The van der Waals surface area contributed by atoms with Gasteiger partial charge in [-0.3, -0.25) is 20.2 Å². The van der Waals surface area contributed by atoms with Gasteiger partial charge in [0.15, 0.2) is 5.11 Å². The molecule has 0 atom stereocenters. The number of rotatable bonds is 4. The number of thiocarbonyl (C=S) groups is 1. The summed E-state index contributed by atoms with van der Waals surface area (Å²) in [6.45, 7) is 3.94. The highest BCUT2D eigenvalue weighted by Gasteiger charge is 2.26. The van der Waals surface area contributed by atoms with E-state index in [1.807, 2.05) is 22.8 Å². The molecule has 0 aliphatic carbocycles. The van der Waals surface area contributed by atoms with Gasteiger partial charge in [0.25, 0.3) is 11.6 Å². The molecular formula is C20H21ClN4O4S. The van der Waals surface area contributed by atoms with Crippen LogP contribution >= 0.6 is 23.8 Å². The van der Waals surface area contributed by atoms with E-state index in [1.54, 1.807) is 24.3 Å². The molecule has 8 nitrogen and oxygen atoms in total. The lowest BCUT2D eigenvalue weighted by molar-refractivity contribution is -0.384. The van der Waals surface area contributed by atoms with Crippen LogP contribution in [0, 0.1) is 17.0 Å². The van der Waals surface area contributed by atoms with Gasteiger partial charge in [0.1, 0.15) is 11.4 Å². The molecule has 30 heavy (non-hydrogen) atoms. The van der Waals surface area contributed by atoms with Gasteiger partial charge in [-0.25, -0.2) is 0 Å². The molecule has 1 N–H and O–H groups in total. The number of aryl methyl sites for hydroxylation is 1. The number of benzene rings is 2. The summed E-state index contributed by atoms with van der Waals surface area (Å²) in [4.78, 5) is 27.4. The van der Waals surface area contributed by atoms with E-state index >= 15 is 0 Å². The zero-order chi connectivity index (χ0) is 21.8. The maximum Gasteiger partial charge on any atom is 0.294 e. The molecule has 2 aromatic carbocycles. The summed E-state index contributed by atoms with van der Waals surface area (Å²) < 4.78 is 5.34. The first-order valence-electron chi connectivity index (χ1n) is 9.24. The number of nitro groups is 1. The van der Waals surface area contributed by atoms with E-state index in [1.165, 1.54) is 13.2 Å². The van der Waals surface area contributed by atoms with Gasteiger partial charge in [0, 0.05) is 37.3 Å². The second-order valence-electron chi connectivity index (χ2n) is 6.78. The number of hydrogen-bond donors (Lipinski definition) is 1. The summed E-state index contributed by atoms with van der Waals surface area (Å²) in [6.07, 6.45) is 0. The third-order valence-corrected chi connectivity index (χ3v) is 5.52. The number of hydrogen-bond acceptors (Lipinski definition) is 6. The third kappa shape index (κ3) is 4.63. The maximum absolute atomic E-state index is 12.7. The highest BCUT2D eigenvalue weighted by Crippen LogP contribution is 2.31. The number of halogens is 1. The van der Waals surface area contributed by atoms with Gasteiger partial charge < -0.3 is 14.5 Å². The predicted octanol–water partition coefficient (Wildman–Crippen LogP) is 3.40. The van der Waals surface area contributed by atoms with Crippen molar-refractivity contribution in [3.8, 4) is 5.75 Å². The Labute approximate surface area is 184 Å². The van der Waals surface area contributed by atoms with E-state index < -0.39 is 4.92 Å². The molecule has 0 aromatic heterocycles. The largest absolute Gasteiger partial charge is 0.496 e. The molecule has 0 saturated carbocycles. The van der Waals surface area contributed by atoms with Crippen molar-refractivity contribution in [2.45, 2.75) is 6.92 Å². The van der Waals surface area contributed by atoms with Crippen LogP contribution in [0.3, 0.4) is 0 Å². The lowest BCUT2D eigenvalue weighted by Gasteiger charge is -2.37. The highest BCUT2D eigenvalue weighted by atomic mass is 35.5. The van der Waals surface area contributed by atoms with Gasteiger partial charge in [-0.1, -0.05) is 23.7 Å². The van der Waals surface area contributed by atoms with Crippen molar-refractivity contribution in [3.63, 3.8) is 0 Å². The van der Waals surface area contributed by atoms with Crippen LogP contribution in [0.25, 0.3) is 0 Å². The van der Waals surface area contributed by atoms with Crippen LogP contribution in [-0.2, 0) is 0 Å². The number of carbonyl (C=O) groups is 1. The van der Waals surface area contributed by atoms with E-state index in [9.17, 15) is 14.9 Å². The number of piperazine rings is 1. The number of carbonyl (C=O) groups excluding carboxylic acids is 1. The Morgan fingerprint density at radius 2 is 1.93 bits per heavy atom. The Hall–Kier alpha value is -2.91. The molecule has 10 heteroatoms. The van der Waals surface area contributed by atoms with Crippen LogP contribution < -0.4 is 15.0 Å². The summed E-state index contributed by atoms with van der Waals surface area (Å²) in [5.41, 5.74) is 1.76. The number of nitrogens with zero attached hydrogens (tertiary/aromatic N) is 3. The first-order chi connectivity index (χ1) is 14.3. The quantitative estimate of drug-likeness (QED) is 0.435. The van der Waals surface area contributed by atoms with Gasteiger partial charge in [-0.2, -0.15) is 0 Å². The molecule has 0 spiro atoms. The summed E-state index contributed by atoms with van der Waals surface area (Å²) in [5, 5.41) is 14.7. The summed E-state index contributed by atoms with van der Waals surface area (Å²) in [7, 11) is 1.52. The fourth-order valence-electron chi connectivity index (χ4n) is 3.41. The molecule has 0 unspecified atom stereocenters. The predicted molar refractivity (Wildman–Crippen MR) is 120 cm³/mol. The fourth-order valence-corrected chi connectivity index (χ4v) is 3.85. The standard InChI is InChI=1S/C20H21ClN4O4S/c1-13-4-3-5-15(18(13)29-2)19(26)22-20(30)24-10-8-23(9-11-24)16-7-6-14(21)12-17(16)25(27)28/h3-7,12H,8-11H2,1-2H3,(H,22,26,30). The van der Waals surface area contributed by atoms with Crippen LogP contribution in [0.1, 0.15) is 15.9 Å². The van der Waals surface area contributed by atoms with Crippen molar-refractivity contribution >= 4 is 46.2 Å². The minimum absolute atomic E-state index is 0.0293. The average molecular weight is 449 g/mol. The van der Waals surface area contributed by atoms with Crippen LogP contribution in [0.5, 0.6) is 5.75 Å². The summed E-state index contributed by atoms with van der Waals surface area (Å²) in [5.74, 6) is 0.175. The first kappa shape index (κ1) is 21.8. The number of nitro benzene ring substituents is 1. The van der Waals surface area contributed by atoms with Gasteiger partial charge in [-0.15, -0.1) is 0 Å². The van der Waals surface area contributed by atoms with Crippen LogP contribution in [0.2, 0.25) is 5.02 Å². The molecule has 0 radical (unpaired) electrons. The molecule has 3 rings (SSSR count). The topological polar surface area (TPSA) is 88.0 Å². The molecule has 1 fully saturated rings. The van der Waals surface area contributed by atoms with Crippen molar-refractivity contribution in [3.05, 3.63) is 62.7 Å². The van der Waals surface area contributed by atoms with E-state index in [0.717, 1.165) is 5.56 Å². The van der Waals surface area contributed by atoms with Crippen molar-refractivity contribution < 1.29 is 14.5 Å². The molecule has 158 valence electrons. The number of ether oxygens (including phenoxy) is 1.